The molecule has 0 saturated heterocycles. The minimum absolute atomic E-state index is 0.283. The molecule has 0 aliphatic carbocycles. The highest BCUT2D eigenvalue weighted by Gasteiger charge is 2.21. The molecule has 0 atom stereocenters. The van der Waals surface area contributed by atoms with E-state index in [0.29, 0.717) is 36.7 Å². The van der Waals surface area contributed by atoms with E-state index in [-0.39, 0.29) is 37.7 Å². The van der Waals surface area contributed by atoms with Gasteiger partial charge in [-0.15, -0.1) is 0 Å². The number of amides is 6. The van der Waals surface area contributed by atoms with Crippen LogP contribution in [0.3, 0.4) is 0 Å². The van der Waals surface area contributed by atoms with Crippen LogP contribution >= 0.6 is 0 Å². The zero-order valence-electron chi connectivity index (χ0n) is 53.8. The smallest absolute Gasteiger partial charge is 0.319 e. The second kappa shape index (κ2) is 33.0. The minimum Gasteiger partial charge on any atom is -0.337 e. The maximum atomic E-state index is 13.7. The molecule has 12 rings (SSSR count). The van der Waals surface area contributed by atoms with E-state index in [4.69, 9.17) is 0 Å². The van der Waals surface area contributed by atoms with E-state index in [2.05, 4.69) is 255 Å². The van der Waals surface area contributed by atoms with Gasteiger partial charge in [-0.25, -0.2) is 14.4 Å². The van der Waals surface area contributed by atoms with Crippen molar-refractivity contribution in [3.05, 3.63) is 413 Å². The Morgan fingerprint density at radius 2 is 0.340 bits per heavy atom. The summed E-state index contributed by atoms with van der Waals surface area (Å²) in [5.74, 6) is 0. The Bertz CT molecular complexity index is 4000. The standard InChI is InChI=1S/C87H75N7O3/c95-85(91-76-52-46-73(47-53-76)82(70-40-22-7-23-41-70)79(64-28-10-1-11-29-64)65-30-12-2-13-31-65)88-58-61-94(62-59-89-86(96)92-77-54-48-74(49-55-77)83(71-42-24-8-25-43-71)80(66-32-14-3-15-33-66)67-34-16-4-17-35-67)63-60-90-87(97)93-78-56-50-75(51-57-78)84(72-44-26-9-27-45-72)81(68-36-18-5-19-37-68)69-38-20-6-21-39-69/h1-57H,58-63H2,(H2,88,91,95)(H2,89,92,96)(H2,90,93,97). The van der Waals surface area contributed by atoms with Gasteiger partial charge in [-0.2, -0.15) is 0 Å². The average Bonchev–Trinajstić information content (AvgIpc) is 0.828. The Morgan fingerprint density at radius 1 is 0.196 bits per heavy atom. The van der Waals surface area contributed by atoms with Crippen LogP contribution in [0.1, 0.15) is 66.8 Å². The average molecular weight is 1270 g/mol. The van der Waals surface area contributed by atoms with E-state index < -0.39 is 0 Å². The van der Waals surface area contributed by atoms with Gasteiger partial charge in [-0.1, -0.05) is 309 Å². The molecule has 0 aliphatic heterocycles. The Balaban J connectivity index is 0.722. The van der Waals surface area contributed by atoms with E-state index in [1.807, 2.05) is 127 Å². The van der Waals surface area contributed by atoms with Gasteiger partial charge in [-0.3, -0.25) is 4.90 Å². The van der Waals surface area contributed by atoms with E-state index in [1.165, 1.54) is 0 Å². The lowest BCUT2D eigenvalue weighted by atomic mass is 9.86. The third-order valence-electron chi connectivity index (χ3n) is 16.7. The first kappa shape index (κ1) is 64.7. The molecule has 0 radical (unpaired) electrons. The number of hydrogen-bond acceptors (Lipinski definition) is 4. The Morgan fingerprint density at radius 3 is 0.495 bits per heavy atom. The molecular formula is C87H75N7O3. The molecule has 0 bridgehead atoms. The van der Waals surface area contributed by atoms with E-state index in [9.17, 15) is 14.4 Å². The van der Waals surface area contributed by atoms with Crippen molar-refractivity contribution in [2.45, 2.75) is 0 Å². The van der Waals surface area contributed by atoms with E-state index in [0.717, 1.165) is 100 Å². The maximum absolute atomic E-state index is 13.7. The highest BCUT2D eigenvalue weighted by Crippen LogP contribution is 2.40. The molecule has 0 fully saturated rings. The zero-order chi connectivity index (χ0) is 66.2. The first-order chi connectivity index (χ1) is 47.9. The quantitative estimate of drug-likeness (QED) is 0.0337. The second-order valence-electron chi connectivity index (χ2n) is 23.3. The van der Waals surface area contributed by atoms with Gasteiger partial charge in [0.25, 0.3) is 0 Å². The van der Waals surface area contributed by atoms with E-state index in [1.54, 1.807) is 0 Å². The van der Waals surface area contributed by atoms with Crippen molar-refractivity contribution in [1.82, 2.24) is 20.9 Å². The molecule has 10 nitrogen and oxygen atoms in total. The van der Waals surface area contributed by atoms with Crippen molar-refractivity contribution >= 4 is 68.6 Å². The van der Waals surface area contributed by atoms with Crippen LogP contribution in [0.25, 0.3) is 33.4 Å². The summed E-state index contributed by atoms with van der Waals surface area (Å²) in [6.07, 6.45) is 0. The summed E-state index contributed by atoms with van der Waals surface area (Å²) in [4.78, 5) is 43.1. The summed E-state index contributed by atoms with van der Waals surface area (Å²) < 4.78 is 0. The van der Waals surface area contributed by atoms with Crippen LogP contribution in [0.5, 0.6) is 0 Å². The molecule has 0 spiro atoms. The van der Waals surface area contributed by atoms with Crippen molar-refractivity contribution in [3.63, 3.8) is 0 Å². The third-order valence-corrected chi connectivity index (χ3v) is 16.7. The van der Waals surface area contributed by atoms with E-state index >= 15 is 0 Å². The Labute approximate surface area is 568 Å². The van der Waals surface area contributed by atoms with Gasteiger partial charge >= 0.3 is 18.1 Å². The summed E-state index contributed by atoms with van der Waals surface area (Å²) in [7, 11) is 0. The zero-order valence-corrected chi connectivity index (χ0v) is 53.8. The maximum Gasteiger partial charge on any atom is 0.319 e. The largest absolute Gasteiger partial charge is 0.337 e. The molecule has 0 aromatic heterocycles. The van der Waals surface area contributed by atoms with Crippen LogP contribution < -0.4 is 31.9 Å². The van der Waals surface area contributed by atoms with Gasteiger partial charge in [0.2, 0.25) is 0 Å². The molecule has 12 aromatic rings. The van der Waals surface area contributed by atoms with Crippen LogP contribution in [0.2, 0.25) is 0 Å². The number of nitrogens with zero attached hydrogens (tertiary/aromatic N) is 1. The molecule has 0 unspecified atom stereocenters. The van der Waals surface area contributed by atoms with Crippen LogP contribution in [0.4, 0.5) is 31.4 Å². The summed E-state index contributed by atoms with van der Waals surface area (Å²) in [6.45, 7) is 2.11. The molecular weight excluding hydrogens is 1190 g/mol. The molecule has 97 heavy (non-hydrogen) atoms. The lowest BCUT2D eigenvalue weighted by molar-refractivity contribution is 0.238. The van der Waals surface area contributed by atoms with Crippen molar-refractivity contribution < 1.29 is 14.4 Å². The van der Waals surface area contributed by atoms with Gasteiger partial charge in [0, 0.05) is 56.3 Å². The lowest BCUT2D eigenvalue weighted by Crippen LogP contribution is -2.44. The van der Waals surface area contributed by atoms with Crippen molar-refractivity contribution in [1.29, 1.82) is 0 Å². The topological polar surface area (TPSA) is 127 Å². The summed E-state index contributed by atoms with van der Waals surface area (Å²) in [5, 5.41) is 18.2. The molecule has 10 heteroatoms. The predicted molar refractivity (Wildman–Crippen MR) is 400 cm³/mol. The summed E-state index contributed by atoms with van der Waals surface area (Å²) >= 11 is 0. The molecule has 0 heterocycles. The van der Waals surface area contributed by atoms with Crippen LogP contribution in [-0.2, 0) is 0 Å². The number of nitrogens with one attached hydrogen (secondary N) is 6. The second-order valence-corrected chi connectivity index (χ2v) is 23.3. The van der Waals surface area contributed by atoms with Crippen LogP contribution in [-0.4, -0.2) is 62.3 Å². The number of carbonyl (C=O) groups is 3. The highest BCUT2D eigenvalue weighted by molar-refractivity contribution is 6.07. The lowest BCUT2D eigenvalue weighted by Gasteiger charge is -2.23. The summed E-state index contributed by atoms with van der Waals surface area (Å²) in [6, 6.07) is 116. The van der Waals surface area contributed by atoms with Gasteiger partial charge in [0.05, 0.1) is 0 Å². The van der Waals surface area contributed by atoms with Crippen LogP contribution in [0, 0.1) is 0 Å². The van der Waals surface area contributed by atoms with Crippen molar-refractivity contribution in [2.24, 2.45) is 0 Å². The Hall–Kier alpha value is -12.4. The Kier molecular flexibility index (Phi) is 22.0. The SMILES string of the molecule is O=C(NCCN(CCNC(=O)Nc1ccc(C(=C(c2ccccc2)c2ccccc2)c2ccccc2)cc1)CCNC(=O)Nc1ccc(C(=C(c2ccccc2)c2ccccc2)c2ccccc2)cc1)Nc1ccc(C(=C(c2ccccc2)c2ccccc2)c2ccccc2)cc1. The third kappa shape index (κ3) is 17.3. The molecule has 0 saturated carbocycles. The molecule has 12 aromatic carbocycles. The minimum atomic E-state index is -0.363. The molecule has 476 valence electrons. The van der Waals surface area contributed by atoms with Gasteiger partial charge in [-0.05, 0) is 137 Å². The molecule has 0 aliphatic rings. The van der Waals surface area contributed by atoms with Gasteiger partial charge in [0.15, 0.2) is 0 Å². The fourth-order valence-corrected chi connectivity index (χ4v) is 12.2. The van der Waals surface area contributed by atoms with Crippen LogP contribution in [0.15, 0.2) is 346 Å². The first-order valence-corrected chi connectivity index (χ1v) is 32.8. The number of rotatable bonds is 24. The predicted octanol–water partition coefficient (Wildman–Crippen LogP) is 18.8. The highest BCUT2D eigenvalue weighted by atomic mass is 16.2. The number of benzene rings is 12. The number of carbonyl (C=O) groups excluding carboxylic acids is 3. The number of urea groups is 3. The normalized spacial score (nSPS) is 10.7. The van der Waals surface area contributed by atoms with Gasteiger partial charge in [0.1, 0.15) is 0 Å². The monoisotopic (exact) mass is 1270 g/mol. The number of anilines is 3. The summed E-state index contributed by atoms with van der Waals surface area (Å²) in [5.41, 5.74) is 21.2. The van der Waals surface area contributed by atoms with Crippen molar-refractivity contribution in [2.75, 3.05) is 55.2 Å². The number of hydrogen-bond donors (Lipinski definition) is 6. The van der Waals surface area contributed by atoms with Gasteiger partial charge < -0.3 is 31.9 Å². The fraction of sp³-hybridized carbons (Fsp3) is 0.0690. The molecule has 6 amide bonds. The first-order valence-electron chi connectivity index (χ1n) is 32.8. The fourth-order valence-electron chi connectivity index (χ4n) is 12.2. The molecule has 6 N–H and O–H groups in total. The van der Waals surface area contributed by atoms with Crippen molar-refractivity contribution in [3.8, 4) is 0 Å².